The topological polar surface area (TPSA) is 15.3 Å². The Labute approximate surface area is 117 Å². The van der Waals surface area contributed by atoms with Crippen LogP contribution in [-0.4, -0.2) is 31.1 Å². The molecule has 4 heteroatoms. The van der Waals surface area contributed by atoms with Gasteiger partial charge < -0.3 is 10.2 Å². The molecule has 1 aliphatic heterocycles. The lowest BCUT2D eigenvalue weighted by molar-refractivity contribution is 0.339. The van der Waals surface area contributed by atoms with Gasteiger partial charge in [-0.1, -0.05) is 6.92 Å². The van der Waals surface area contributed by atoms with Crippen LogP contribution in [0, 0.1) is 12.8 Å². The first-order chi connectivity index (χ1) is 8.19. The number of rotatable bonds is 5. The summed E-state index contributed by atoms with van der Waals surface area (Å²) in [4.78, 5) is 5.35. The van der Waals surface area contributed by atoms with Gasteiger partial charge >= 0.3 is 0 Å². The highest BCUT2D eigenvalue weighted by atomic mass is 79.9. The van der Waals surface area contributed by atoms with Gasteiger partial charge in [-0.15, -0.1) is 11.3 Å². The summed E-state index contributed by atoms with van der Waals surface area (Å²) in [7, 11) is 0. The van der Waals surface area contributed by atoms with E-state index in [-0.39, 0.29) is 0 Å². The lowest BCUT2D eigenvalue weighted by atomic mass is 10.1. The van der Waals surface area contributed by atoms with Crippen molar-refractivity contribution in [3.8, 4) is 0 Å². The highest BCUT2D eigenvalue weighted by Gasteiger charge is 2.20. The van der Waals surface area contributed by atoms with Crippen LogP contribution in [0.25, 0.3) is 0 Å². The Balaban J connectivity index is 1.69. The number of nitrogens with zero attached hydrogens (tertiary/aromatic N) is 1. The van der Waals surface area contributed by atoms with Crippen molar-refractivity contribution in [2.24, 2.45) is 5.92 Å². The molecule has 17 heavy (non-hydrogen) atoms. The van der Waals surface area contributed by atoms with Gasteiger partial charge in [-0.3, -0.25) is 0 Å². The molecule has 2 nitrogen and oxygen atoms in total. The van der Waals surface area contributed by atoms with E-state index < -0.39 is 0 Å². The van der Waals surface area contributed by atoms with E-state index in [2.05, 4.69) is 46.1 Å². The fraction of sp³-hybridized carbons (Fsp3) is 0.692. The third kappa shape index (κ3) is 3.78. The first-order valence-electron chi connectivity index (χ1n) is 6.37. The van der Waals surface area contributed by atoms with E-state index in [1.54, 1.807) is 0 Å². The molecule has 0 aromatic carbocycles. The average molecular weight is 317 g/mol. The first kappa shape index (κ1) is 13.5. The predicted molar refractivity (Wildman–Crippen MR) is 78.7 cm³/mol. The van der Waals surface area contributed by atoms with Gasteiger partial charge in [0.15, 0.2) is 0 Å². The van der Waals surface area contributed by atoms with E-state index in [1.807, 2.05) is 11.3 Å². The Kier molecular flexibility index (Phi) is 5.03. The molecule has 0 saturated carbocycles. The van der Waals surface area contributed by atoms with Gasteiger partial charge in [0.05, 0.1) is 0 Å². The molecule has 1 unspecified atom stereocenters. The van der Waals surface area contributed by atoms with E-state index >= 15 is 0 Å². The van der Waals surface area contributed by atoms with Crippen molar-refractivity contribution in [3.63, 3.8) is 0 Å². The van der Waals surface area contributed by atoms with Crippen LogP contribution < -0.4 is 5.32 Å². The number of hydrogen-bond donors (Lipinski definition) is 1. The van der Waals surface area contributed by atoms with E-state index in [9.17, 15) is 0 Å². The van der Waals surface area contributed by atoms with Crippen molar-refractivity contribution >= 4 is 27.3 Å². The van der Waals surface area contributed by atoms with Crippen LogP contribution in [0.1, 0.15) is 23.1 Å². The summed E-state index contributed by atoms with van der Waals surface area (Å²) in [5.74, 6) is 0.847. The van der Waals surface area contributed by atoms with Gasteiger partial charge in [0.25, 0.3) is 0 Å². The minimum Gasteiger partial charge on any atom is -0.312 e. The number of aryl methyl sites for hydroxylation is 1. The van der Waals surface area contributed by atoms with Gasteiger partial charge in [-0.2, -0.15) is 0 Å². The number of nitrogens with one attached hydrogen (secondary N) is 1. The van der Waals surface area contributed by atoms with E-state index in [0.29, 0.717) is 0 Å². The minimum atomic E-state index is 0.847. The Bertz CT molecular complexity index is 345. The molecular weight excluding hydrogens is 296 g/mol. The predicted octanol–water partition coefficient (Wildman–Crippen LogP) is 3.25. The maximum absolute atomic E-state index is 3.59. The van der Waals surface area contributed by atoms with Crippen LogP contribution in [-0.2, 0) is 6.54 Å². The number of hydrogen-bond acceptors (Lipinski definition) is 3. The Hall–Kier alpha value is 0.1000. The van der Waals surface area contributed by atoms with Crippen molar-refractivity contribution in [2.75, 3.05) is 26.2 Å². The molecule has 96 valence electrons. The maximum Gasteiger partial charge on any atom is 0.0314 e. The lowest BCUT2D eigenvalue weighted by Crippen LogP contribution is -2.25. The highest BCUT2D eigenvalue weighted by molar-refractivity contribution is 9.10. The fourth-order valence-corrected chi connectivity index (χ4v) is 3.94. The highest BCUT2D eigenvalue weighted by Crippen LogP contribution is 2.26. The van der Waals surface area contributed by atoms with Crippen molar-refractivity contribution in [3.05, 3.63) is 20.3 Å². The van der Waals surface area contributed by atoms with Crippen LogP contribution >= 0.6 is 27.3 Å². The van der Waals surface area contributed by atoms with Crippen LogP contribution in [0.2, 0.25) is 0 Å². The largest absolute Gasteiger partial charge is 0.312 e. The minimum absolute atomic E-state index is 0.847. The zero-order valence-electron chi connectivity index (χ0n) is 10.6. The van der Waals surface area contributed by atoms with Gasteiger partial charge in [-0.25, -0.2) is 0 Å². The van der Waals surface area contributed by atoms with Crippen LogP contribution in [0.5, 0.6) is 0 Å². The molecule has 0 amide bonds. The molecule has 1 fully saturated rings. The average Bonchev–Trinajstić information content (AvgIpc) is 2.87. The summed E-state index contributed by atoms with van der Waals surface area (Å²) < 4.78 is 1.25. The monoisotopic (exact) mass is 316 g/mol. The molecule has 0 bridgehead atoms. The number of halogens is 1. The third-order valence-electron chi connectivity index (χ3n) is 3.46. The van der Waals surface area contributed by atoms with Crippen molar-refractivity contribution in [2.45, 2.75) is 26.8 Å². The Morgan fingerprint density at radius 3 is 3.00 bits per heavy atom. The zero-order chi connectivity index (χ0) is 12.3. The summed E-state index contributed by atoms with van der Waals surface area (Å²) in [6.45, 7) is 10.3. The Morgan fingerprint density at radius 2 is 2.41 bits per heavy atom. The second-order valence-electron chi connectivity index (χ2n) is 4.80. The molecular formula is C13H21BrN2S. The normalized spacial score (nSPS) is 21.2. The molecule has 0 spiro atoms. The SMILES string of the molecule is CCN1CCC(CNCc2cc(Br)c(C)s2)C1. The van der Waals surface area contributed by atoms with E-state index in [1.165, 1.54) is 40.3 Å². The second kappa shape index (κ2) is 6.32. The first-order valence-corrected chi connectivity index (χ1v) is 7.98. The van der Waals surface area contributed by atoms with Crippen molar-refractivity contribution in [1.82, 2.24) is 10.2 Å². The summed E-state index contributed by atoms with van der Waals surface area (Å²) in [6, 6.07) is 2.24. The molecule has 2 rings (SSSR count). The van der Waals surface area contributed by atoms with E-state index in [4.69, 9.17) is 0 Å². The van der Waals surface area contributed by atoms with Crippen LogP contribution in [0.15, 0.2) is 10.5 Å². The molecule has 1 N–H and O–H groups in total. The van der Waals surface area contributed by atoms with Gasteiger partial charge in [0.1, 0.15) is 0 Å². The lowest BCUT2D eigenvalue weighted by Gasteiger charge is -2.13. The molecule has 0 aliphatic carbocycles. The molecule has 1 aliphatic rings. The standard InChI is InChI=1S/C13H21BrN2S/c1-3-16-5-4-11(9-16)7-15-8-12-6-13(14)10(2)17-12/h6,11,15H,3-5,7-9H2,1-2H3. The fourth-order valence-electron chi connectivity index (χ4n) is 2.37. The molecule has 1 atom stereocenters. The Morgan fingerprint density at radius 1 is 1.59 bits per heavy atom. The second-order valence-corrected chi connectivity index (χ2v) is 6.99. The van der Waals surface area contributed by atoms with Crippen LogP contribution in [0.4, 0.5) is 0 Å². The number of thiophene rings is 1. The smallest absolute Gasteiger partial charge is 0.0314 e. The molecule has 1 saturated heterocycles. The summed E-state index contributed by atoms with van der Waals surface area (Å²) in [5.41, 5.74) is 0. The maximum atomic E-state index is 3.59. The molecule has 0 radical (unpaired) electrons. The zero-order valence-corrected chi connectivity index (χ0v) is 13.0. The number of likely N-dealkylation sites (tertiary alicyclic amines) is 1. The molecule has 2 heterocycles. The molecule has 1 aromatic rings. The van der Waals surface area contributed by atoms with Crippen LogP contribution in [0.3, 0.4) is 0 Å². The van der Waals surface area contributed by atoms with Gasteiger partial charge in [-0.05, 0) is 60.9 Å². The van der Waals surface area contributed by atoms with Gasteiger partial charge in [0.2, 0.25) is 0 Å². The molecule has 1 aromatic heterocycles. The van der Waals surface area contributed by atoms with Crippen molar-refractivity contribution in [1.29, 1.82) is 0 Å². The third-order valence-corrected chi connectivity index (χ3v) is 5.59. The summed E-state index contributed by atoms with van der Waals surface area (Å²) >= 11 is 5.45. The summed E-state index contributed by atoms with van der Waals surface area (Å²) in [6.07, 6.45) is 1.36. The van der Waals surface area contributed by atoms with Crippen molar-refractivity contribution < 1.29 is 0 Å². The summed E-state index contributed by atoms with van der Waals surface area (Å²) in [5, 5.41) is 3.59. The van der Waals surface area contributed by atoms with E-state index in [0.717, 1.165) is 19.0 Å². The quantitative estimate of drug-likeness (QED) is 0.897. The van der Waals surface area contributed by atoms with Gasteiger partial charge in [0, 0.05) is 27.3 Å².